The summed E-state index contributed by atoms with van der Waals surface area (Å²) in [4.78, 5) is 21.6. The third-order valence-electron chi connectivity index (χ3n) is 4.38. The van der Waals surface area contributed by atoms with Gasteiger partial charge in [-0.2, -0.15) is 13.2 Å². The minimum absolute atomic E-state index is 0.0651. The van der Waals surface area contributed by atoms with Crippen molar-refractivity contribution in [1.29, 1.82) is 0 Å². The predicted molar refractivity (Wildman–Crippen MR) is 94.8 cm³/mol. The van der Waals surface area contributed by atoms with Gasteiger partial charge in [-0.15, -0.1) is 0 Å². The number of benzene rings is 1. The summed E-state index contributed by atoms with van der Waals surface area (Å²) < 4.78 is 39.2. The van der Waals surface area contributed by atoms with Crippen molar-refractivity contribution in [2.45, 2.75) is 31.5 Å². The van der Waals surface area contributed by atoms with Gasteiger partial charge in [-0.1, -0.05) is 43.8 Å². The van der Waals surface area contributed by atoms with Crippen molar-refractivity contribution >= 4 is 28.6 Å². The average molecular weight is 383 g/mol. The minimum atomic E-state index is -4.62. The first-order valence-corrected chi connectivity index (χ1v) is 9.47. The molecular weight excluding hydrogens is 363 g/mol. The van der Waals surface area contributed by atoms with E-state index in [0.29, 0.717) is 30.3 Å². The van der Waals surface area contributed by atoms with Crippen LogP contribution in [-0.4, -0.2) is 39.6 Å². The highest BCUT2D eigenvalue weighted by atomic mass is 32.2. The summed E-state index contributed by atoms with van der Waals surface area (Å²) in [5.74, 6) is -0.303. The number of amides is 1. The molecule has 1 aliphatic rings. The first-order valence-electron chi connectivity index (χ1n) is 8.48. The number of thioether (sulfide) groups is 1. The van der Waals surface area contributed by atoms with Crippen LogP contribution < -0.4 is 0 Å². The van der Waals surface area contributed by atoms with E-state index in [1.54, 1.807) is 23.1 Å². The van der Waals surface area contributed by atoms with Crippen molar-refractivity contribution in [2.75, 3.05) is 18.8 Å². The van der Waals surface area contributed by atoms with E-state index >= 15 is 0 Å². The van der Waals surface area contributed by atoms with Gasteiger partial charge in [-0.05, 0) is 24.3 Å². The van der Waals surface area contributed by atoms with Crippen molar-refractivity contribution in [3.8, 4) is 0 Å². The molecule has 2 aromatic rings. The summed E-state index contributed by atoms with van der Waals surface area (Å²) in [6, 6.07) is 6.55. The molecule has 4 nitrogen and oxygen atoms in total. The monoisotopic (exact) mass is 383 g/mol. The third-order valence-corrected chi connectivity index (χ3v) is 5.35. The van der Waals surface area contributed by atoms with Crippen molar-refractivity contribution in [3.63, 3.8) is 0 Å². The number of carbonyl (C=O) groups is 1. The standard InChI is InChI=1S/C18H20F3N3OS/c1-11-7-12(2)9-24(8-11)15(25)10-26-16-13-5-3-4-6-14(13)22-17(23-16)18(19,20)21/h3-6,11-12H,7-10H2,1-2H3/t11-,12-/m1/s1. The van der Waals surface area contributed by atoms with Gasteiger partial charge in [-0.3, -0.25) is 4.79 Å². The van der Waals surface area contributed by atoms with Crippen LogP contribution in [0.15, 0.2) is 29.3 Å². The number of likely N-dealkylation sites (tertiary alicyclic amines) is 1. The normalized spacial score (nSPS) is 21.2. The second-order valence-electron chi connectivity index (χ2n) is 6.90. The van der Waals surface area contributed by atoms with Crippen molar-refractivity contribution < 1.29 is 18.0 Å². The van der Waals surface area contributed by atoms with E-state index in [9.17, 15) is 18.0 Å². The molecule has 1 fully saturated rings. The Morgan fingerprint density at radius 1 is 1.19 bits per heavy atom. The number of rotatable bonds is 3. The van der Waals surface area contributed by atoms with Crippen LogP contribution >= 0.6 is 11.8 Å². The van der Waals surface area contributed by atoms with E-state index in [-0.39, 0.29) is 22.2 Å². The summed E-state index contributed by atoms with van der Waals surface area (Å²) >= 11 is 1.04. The maximum Gasteiger partial charge on any atom is 0.451 e. The largest absolute Gasteiger partial charge is 0.451 e. The summed E-state index contributed by atoms with van der Waals surface area (Å²) in [5.41, 5.74) is 0.227. The van der Waals surface area contributed by atoms with Gasteiger partial charge in [0.15, 0.2) is 0 Å². The molecule has 1 amide bonds. The maximum atomic E-state index is 13.1. The zero-order valence-corrected chi connectivity index (χ0v) is 15.4. The molecule has 0 saturated carbocycles. The van der Waals surface area contributed by atoms with Crippen LogP contribution in [0.4, 0.5) is 13.2 Å². The Kier molecular flexibility index (Phi) is 5.41. The number of aromatic nitrogens is 2. The molecule has 1 saturated heterocycles. The van der Waals surface area contributed by atoms with Crippen molar-refractivity contribution in [2.24, 2.45) is 11.8 Å². The Hall–Kier alpha value is -1.83. The quantitative estimate of drug-likeness (QED) is 0.587. The SMILES string of the molecule is C[C@@H]1C[C@@H](C)CN(C(=O)CSc2nc(C(F)(F)F)nc3ccccc23)C1. The first-order chi connectivity index (χ1) is 12.2. The van der Waals surface area contributed by atoms with Crippen molar-refractivity contribution in [1.82, 2.24) is 14.9 Å². The highest BCUT2D eigenvalue weighted by Gasteiger charge is 2.35. The highest BCUT2D eigenvalue weighted by molar-refractivity contribution is 8.00. The van der Waals surface area contributed by atoms with E-state index in [0.717, 1.165) is 18.2 Å². The molecule has 1 aromatic heterocycles. The molecule has 8 heteroatoms. The van der Waals surface area contributed by atoms with Crippen LogP contribution in [0.3, 0.4) is 0 Å². The van der Waals surface area contributed by atoms with E-state index in [4.69, 9.17) is 0 Å². The van der Waals surface area contributed by atoms with Gasteiger partial charge in [-0.25, -0.2) is 9.97 Å². The Balaban J connectivity index is 1.81. The zero-order chi connectivity index (χ0) is 18.9. The lowest BCUT2D eigenvalue weighted by molar-refractivity contribution is -0.145. The fourth-order valence-corrected chi connectivity index (χ4v) is 4.29. The maximum absolute atomic E-state index is 13.1. The molecule has 2 atom stereocenters. The lowest BCUT2D eigenvalue weighted by Crippen LogP contribution is -2.43. The smallest absolute Gasteiger partial charge is 0.341 e. The molecule has 0 spiro atoms. The number of hydrogen-bond acceptors (Lipinski definition) is 4. The second kappa shape index (κ2) is 7.42. The topological polar surface area (TPSA) is 46.1 Å². The van der Waals surface area contributed by atoms with Gasteiger partial charge < -0.3 is 4.90 Å². The zero-order valence-electron chi connectivity index (χ0n) is 14.6. The van der Waals surface area contributed by atoms with Gasteiger partial charge >= 0.3 is 6.18 Å². The summed E-state index contributed by atoms with van der Waals surface area (Å²) in [6.45, 7) is 5.61. The van der Waals surface area contributed by atoms with E-state index in [1.807, 2.05) is 0 Å². The van der Waals surface area contributed by atoms with Crippen LogP contribution in [0.2, 0.25) is 0 Å². The molecule has 0 unspecified atom stereocenters. The number of fused-ring (bicyclic) bond motifs is 1. The highest BCUT2D eigenvalue weighted by Crippen LogP contribution is 2.32. The lowest BCUT2D eigenvalue weighted by Gasteiger charge is -2.35. The molecular formula is C18H20F3N3OS. The molecule has 0 aliphatic carbocycles. The summed E-state index contributed by atoms with van der Waals surface area (Å²) in [5, 5.41) is 0.716. The summed E-state index contributed by atoms with van der Waals surface area (Å²) in [6.07, 6.45) is -3.54. The molecule has 26 heavy (non-hydrogen) atoms. The summed E-state index contributed by atoms with van der Waals surface area (Å²) in [7, 11) is 0. The number of hydrogen-bond donors (Lipinski definition) is 0. The minimum Gasteiger partial charge on any atom is -0.341 e. The lowest BCUT2D eigenvalue weighted by atomic mass is 9.92. The first kappa shape index (κ1) is 18.9. The number of halogens is 3. The second-order valence-corrected chi connectivity index (χ2v) is 7.86. The van der Waals surface area contributed by atoms with Crippen LogP contribution in [0, 0.1) is 11.8 Å². The average Bonchev–Trinajstić information content (AvgIpc) is 2.57. The Bertz CT molecular complexity index is 802. The van der Waals surface area contributed by atoms with E-state index in [1.165, 1.54) is 6.07 Å². The number of carbonyl (C=O) groups excluding carboxylic acids is 1. The van der Waals surface area contributed by atoms with E-state index in [2.05, 4.69) is 23.8 Å². The van der Waals surface area contributed by atoms with Crippen molar-refractivity contribution in [3.05, 3.63) is 30.1 Å². The van der Waals surface area contributed by atoms with Gasteiger partial charge in [0.2, 0.25) is 11.7 Å². The number of piperidine rings is 1. The fraction of sp³-hybridized carbons (Fsp3) is 0.500. The fourth-order valence-electron chi connectivity index (χ4n) is 3.37. The van der Waals surface area contributed by atoms with Crippen LogP contribution in [0.25, 0.3) is 10.9 Å². The van der Waals surface area contributed by atoms with Crippen LogP contribution in [-0.2, 0) is 11.0 Å². The number of para-hydroxylation sites is 1. The molecule has 140 valence electrons. The van der Waals surface area contributed by atoms with Gasteiger partial charge in [0.05, 0.1) is 11.3 Å². The molecule has 0 radical (unpaired) electrons. The molecule has 1 aromatic carbocycles. The number of alkyl halides is 3. The van der Waals surface area contributed by atoms with Gasteiger partial charge in [0, 0.05) is 18.5 Å². The van der Waals surface area contributed by atoms with Crippen LogP contribution in [0.1, 0.15) is 26.1 Å². The Morgan fingerprint density at radius 3 is 2.50 bits per heavy atom. The third kappa shape index (κ3) is 4.28. The molecule has 0 bridgehead atoms. The number of nitrogens with zero attached hydrogens (tertiary/aromatic N) is 3. The van der Waals surface area contributed by atoms with Crippen LogP contribution in [0.5, 0.6) is 0 Å². The Morgan fingerprint density at radius 2 is 1.85 bits per heavy atom. The predicted octanol–water partition coefficient (Wildman–Crippen LogP) is 4.25. The Labute approximate surface area is 154 Å². The molecule has 3 rings (SSSR count). The van der Waals surface area contributed by atoms with Gasteiger partial charge in [0.1, 0.15) is 5.03 Å². The van der Waals surface area contributed by atoms with E-state index < -0.39 is 12.0 Å². The molecule has 1 aliphatic heterocycles. The molecule has 0 N–H and O–H groups in total. The molecule has 2 heterocycles. The van der Waals surface area contributed by atoms with Gasteiger partial charge in [0.25, 0.3) is 0 Å².